The lowest BCUT2D eigenvalue weighted by molar-refractivity contribution is 0.236. The summed E-state index contributed by atoms with van der Waals surface area (Å²) in [6.45, 7) is 9.34. The number of anilines is 1. The van der Waals surface area contributed by atoms with Crippen molar-refractivity contribution in [3.05, 3.63) is 41.2 Å². The zero-order valence-corrected chi connectivity index (χ0v) is 14.4. The van der Waals surface area contributed by atoms with Crippen molar-refractivity contribution in [2.45, 2.75) is 25.8 Å². The van der Waals surface area contributed by atoms with E-state index in [0.29, 0.717) is 6.04 Å². The first-order valence-electron chi connectivity index (χ1n) is 7.65. The van der Waals surface area contributed by atoms with Crippen LogP contribution in [0.4, 0.5) is 5.69 Å². The molecule has 0 spiro atoms. The second-order valence-corrected chi connectivity index (χ2v) is 6.95. The average molecular weight is 361 g/mol. The van der Waals surface area contributed by atoms with Crippen molar-refractivity contribution in [3.8, 4) is 0 Å². The summed E-state index contributed by atoms with van der Waals surface area (Å²) in [4.78, 5) is 11.4. The molecule has 0 aliphatic carbocycles. The van der Waals surface area contributed by atoms with Crippen LogP contribution in [0.3, 0.4) is 0 Å². The first kappa shape index (κ1) is 15.4. The van der Waals surface area contributed by atoms with Crippen molar-refractivity contribution >= 4 is 32.7 Å². The van der Waals surface area contributed by atoms with E-state index >= 15 is 0 Å². The minimum Gasteiger partial charge on any atom is -0.380 e. The summed E-state index contributed by atoms with van der Waals surface area (Å²) in [6, 6.07) is 4.52. The van der Waals surface area contributed by atoms with Gasteiger partial charge in [-0.05, 0) is 47.8 Å². The fourth-order valence-corrected chi connectivity index (χ4v) is 3.28. The number of piperidine rings is 1. The van der Waals surface area contributed by atoms with Gasteiger partial charge in [0.15, 0.2) is 0 Å². The topological polar surface area (TPSA) is 41.0 Å². The van der Waals surface area contributed by atoms with Crippen molar-refractivity contribution in [2.24, 2.45) is 0 Å². The van der Waals surface area contributed by atoms with Crippen LogP contribution in [0.2, 0.25) is 0 Å². The molecule has 2 aromatic heterocycles. The summed E-state index contributed by atoms with van der Waals surface area (Å²) in [5.41, 5.74) is 4.17. The van der Waals surface area contributed by atoms with E-state index in [4.69, 9.17) is 0 Å². The van der Waals surface area contributed by atoms with Crippen LogP contribution in [0.1, 0.15) is 19.8 Å². The average Bonchev–Trinajstić information content (AvgIpc) is 2.48. The quantitative estimate of drug-likeness (QED) is 0.840. The molecule has 1 fully saturated rings. The predicted molar refractivity (Wildman–Crippen MR) is 95.1 cm³/mol. The van der Waals surface area contributed by atoms with Crippen molar-refractivity contribution in [1.82, 2.24) is 14.9 Å². The van der Waals surface area contributed by atoms with Crippen LogP contribution in [0, 0.1) is 0 Å². The molecule has 1 aliphatic rings. The Bertz CT molecular complexity index is 677. The molecule has 116 valence electrons. The van der Waals surface area contributed by atoms with Crippen LogP contribution in [-0.2, 0) is 0 Å². The van der Waals surface area contributed by atoms with E-state index in [1.165, 1.54) is 5.57 Å². The largest absolute Gasteiger partial charge is 0.380 e. The smallest absolute Gasteiger partial charge is 0.112 e. The summed E-state index contributed by atoms with van der Waals surface area (Å²) >= 11 is 3.45. The number of fused-ring (bicyclic) bond motifs is 1. The Morgan fingerprint density at radius 1 is 1.41 bits per heavy atom. The maximum atomic E-state index is 4.51. The molecule has 0 saturated carbocycles. The SMILES string of the molecule is C=C(C)CN1CCC(Nc2ccnc3cc(Br)cnc23)CC1. The van der Waals surface area contributed by atoms with Gasteiger partial charge in [-0.1, -0.05) is 12.2 Å². The van der Waals surface area contributed by atoms with Gasteiger partial charge >= 0.3 is 0 Å². The lowest BCUT2D eigenvalue weighted by Crippen LogP contribution is -2.39. The zero-order valence-electron chi connectivity index (χ0n) is 12.8. The fourth-order valence-electron chi connectivity index (χ4n) is 2.96. The normalized spacial score (nSPS) is 16.8. The van der Waals surface area contributed by atoms with E-state index in [1.54, 1.807) is 0 Å². The van der Waals surface area contributed by atoms with E-state index in [-0.39, 0.29) is 0 Å². The molecule has 5 heteroatoms. The molecule has 3 heterocycles. The third-order valence-corrected chi connectivity index (χ3v) is 4.42. The molecule has 22 heavy (non-hydrogen) atoms. The van der Waals surface area contributed by atoms with Crippen LogP contribution in [0.15, 0.2) is 41.2 Å². The molecule has 0 radical (unpaired) electrons. The number of rotatable bonds is 4. The van der Waals surface area contributed by atoms with Gasteiger partial charge in [-0.2, -0.15) is 0 Å². The molecule has 1 N–H and O–H groups in total. The Morgan fingerprint density at radius 3 is 2.91 bits per heavy atom. The number of pyridine rings is 2. The number of nitrogens with zero attached hydrogens (tertiary/aromatic N) is 3. The van der Waals surface area contributed by atoms with Gasteiger partial charge in [0.1, 0.15) is 5.52 Å². The van der Waals surface area contributed by atoms with Crippen molar-refractivity contribution < 1.29 is 0 Å². The third kappa shape index (κ3) is 3.65. The van der Waals surface area contributed by atoms with Gasteiger partial charge < -0.3 is 5.32 Å². The Balaban J connectivity index is 1.68. The molecule has 2 aromatic rings. The molecule has 0 bridgehead atoms. The number of aromatic nitrogens is 2. The van der Waals surface area contributed by atoms with E-state index < -0.39 is 0 Å². The molecular formula is C17H21BrN4. The van der Waals surface area contributed by atoms with Gasteiger partial charge in [-0.3, -0.25) is 14.9 Å². The Kier molecular flexibility index (Phi) is 4.74. The van der Waals surface area contributed by atoms with Crippen molar-refractivity contribution in [1.29, 1.82) is 0 Å². The molecule has 3 rings (SSSR count). The number of hydrogen-bond donors (Lipinski definition) is 1. The molecule has 0 atom stereocenters. The maximum absolute atomic E-state index is 4.51. The van der Waals surface area contributed by atoms with E-state index in [1.807, 2.05) is 24.5 Å². The van der Waals surface area contributed by atoms with Crippen LogP contribution in [0.5, 0.6) is 0 Å². The molecule has 4 nitrogen and oxygen atoms in total. The van der Waals surface area contributed by atoms with Gasteiger partial charge in [-0.25, -0.2) is 0 Å². The first-order chi connectivity index (χ1) is 10.6. The van der Waals surface area contributed by atoms with Crippen LogP contribution in [0.25, 0.3) is 11.0 Å². The van der Waals surface area contributed by atoms with Gasteiger partial charge in [-0.15, -0.1) is 0 Å². The lowest BCUT2D eigenvalue weighted by atomic mass is 10.0. The Labute approximate surface area is 139 Å². The second kappa shape index (κ2) is 6.75. The first-order valence-corrected chi connectivity index (χ1v) is 8.44. The summed E-state index contributed by atoms with van der Waals surface area (Å²) < 4.78 is 0.956. The van der Waals surface area contributed by atoms with Crippen LogP contribution < -0.4 is 5.32 Å². The summed E-state index contributed by atoms with van der Waals surface area (Å²) in [5, 5.41) is 3.65. The monoisotopic (exact) mass is 360 g/mol. The fraction of sp³-hybridized carbons (Fsp3) is 0.412. The van der Waals surface area contributed by atoms with Gasteiger partial charge in [0.2, 0.25) is 0 Å². The Hall–Kier alpha value is -1.46. The highest BCUT2D eigenvalue weighted by Crippen LogP contribution is 2.24. The number of hydrogen-bond acceptors (Lipinski definition) is 4. The molecule has 1 aliphatic heterocycles. The zero-order chi connectivity index (χ0) is 15.5. The van der Waals surface area contributed by atoms with Crippen molar-refractivity contribution in [3.63, 3.8) is 0 Å². The summed E-state index contributed by atoms with van der Waals surface area (Å²) in [6.07, 6.45) is 5.96. The number of likely N-dealkylation sites (tertiary alicyclic amines) is 1. The molecule has 0 amide bonds. The molecule has 0 aromatic carbocycles. The highest BCUT2D eigenvalue weighted by atomic mass is 79.9. The summed E-state index contributed by atoms with van der Waals surface area (Å²) in [5.74, 6) is 0. The minimum atomic E-state index is 0.498. The number of halogens is 1. The Morgan fingerprint density at radius 2 is 2.18 bits per heavy atom. The van der Waals surface area contributed by atoms with Gasteiger partial charge in [0.05, 0.1) is 11.2 Å². The highest BCUT2D eigenvalue weighted by Gasteiger charge is 2.19. The molecule has 1 saturated heterocycles. The van der Waals surface area contributed by atoms with E-state index in [9.17, 15) is 0 Å². The third-order valence-electron chi connectivity index (χ3n) is 3.98. The minimum absolute atomic E-state index is 0.498. The maximum Gasteiger partial charge on any atom is 0.112 e. The predicted octanol–water partition coefficient (Wildman–Crippen LogP) is 3.84. The molecule has 0 unspecified atom stereocenters. The van der Waals surface area contributed by atoms with E-state index in [2.05, 4.69) is 49.6 Å². The summed E-state index contributed by atoms with van der Waals surface area (Å²) in [7, 11) is 0. The number of nitrogens with one attached hydrogen (secondary N) is 1. The standard InChI is InChI=1S/C17H21BrN4/c1-12(2)11-22-7-4-14(5-8-22)21-15-3-6-19-16-9-13(18)10-20-17(15)16/h3,6,9-10,14H,1,4-5,7-8,11H2,2H3,(H,19,21). The highest BCUT2D eigenvalue weighted by molar-refractivity contribution is 9.10. The lowest BCUT2D eigenvalue weighted by Gasteiger charge is -2.33. The van der Waals surface area contributed by atoms with Gasteiger partial charge in [0, 0.05) is 42.5 Å². The second-order valence-electron chi connectivity index (χ2n) is 6.03. The van der Waals surface area contributed by atoms with Crippen LogP contribution >= 0.6 is 15.9 Å². The molecular weight excluding hydrogens is 340 g/mol. The van der Waals surface area contributed by atoms with Crippen LogP contribution in [-0.4, -0.2) is 40.5 Å². The van der Waals surface area contributed by atoms with Gasteiger partial charge in [0.25, 0.3) is 0 Å². The van der Waals surface area contributed by atoms with E-state index in [0.717, 1.165) is 53.7 Å². The van der Waals surface area contributed by atoms with Crippen molar-refractivity contribution in [2.75, 3.05) is 25.0 Å².